The van der Waals surface area contributed by atoms with Crippen LogP contribution in [-0.2, 0) is 16.0 Å². The fraction of sp³-hybridized carbons (Fsp3) is 0.632. The van der Waals surface area contributed by atoms with Crippen molar-refractivity contribution in [2.24, 2.45) is 0 Å². The van der Waals surface area contributed by atoms with E-state index in [4.69, 9.17) is 4.74 Å². The number of piperidine rings is 1. The van der Waals surface area contributed by atoms with E-state index < -0.39 is 0 Å². The second-order valence-electron chi connectivity index (χ2n) is 6.87. The molecule has 2 fully saturated rings. The Morgan fingerprint density at radius 1 is 1.22 bits per heavy atom. The van der Waals surface area contributed by atoms with Crippen molar-refractivity contribution in [2.45, 2.75) is 44.8 Å². The van der Waals surface area contributed by atoms with Gasteiger partial charge in [0.05, 0.1) is 5.60 Å². The molecule has 23 heavy (non-hydrogen) atoms. The molecule has 0 N–H and O–H groups in total. The van der Waals surface area contributed by atoms with E-state index in [1.54, 1.807) is 0 Å². The number of morpholine rings is 1. The Balaban J connectivity index is 1.52. The average Bonchev–Trinajstić information content (AvgIpc) is 2.59. The van der Waals surface area contributed by atoms with Crippen molar-refractivity contribution < 1.29 is 9.53 Å². The number of nitrogens with zero attached hydrogens (tertiary/aromatic N) is 2. The Kier molecular flexibility index (Phi) is 5.02. The standard InChI is InChI=1S/C19H28N2O2/c1-3-21-15-19(23-16(2)18(21)22)10-13-20(14-11-19)12-9-17-7-5-4-6-8-17/h4-8,16H,3,9-15H2,1-2H3. The quantitative estimate of drug-likeness (QED) is 0.855. The summed E-state index contributed by atoms with van der Waals surface area (Å²) in [5.41, 5.74) is 1.28. The summed E-state index contributed by atoms with van der Waals surface area (Å²) in [6, 6.07) is 10.7. The van der Waals surface area contributed by atoms with Crippen LogP contribution in [-0.4, -0.2) is 60.1 Å². The molecule has 0 aliphatic carbocycles. The molecule has 1 aromatic rings. The van der Waals surface area contributed by atoms with Crippen molar-refractivity contribution >= 4 is 5.91 Å². The van der Waals surface area contributed by atoms with Gasteiger partial charge in [0.1, 0.15) is 6.10 Å². The van der Waals surface area contributed by atoms with Crippen LogP contribution in [0.4, 0.5) is 0 Å². The molecule has 0 aromatic heterocycles. The molecular formula is C19H28N2O2. The predicted octanol–water partition coefficient (Wildman–Crippen LogP) is 2.33. The lowest BCUT2D eigenvalue weighted by molar-refractivity contribution is -0.189. The number of benzene rings is 1. The molecule has 126 valence electrons. The zero-order valence-electron chi connectivity index (χ0n) is 14.3. The molecule has 2 aliphatic heterocycles. The molecule has 4 heteroatoms. The Labute approximate surface area is 139 Å². The van der Waals surface area contributed by atoms with Crippen LogP contribution in [0.25, 0.3) is 0 Å². The third-order valence-electron chi connectivity index (χ3n) is 5.27. The van der Waals surface area contributed by atoms with Crippen LogP contribution < -0.4 is 0 Å². The lowest BCUT2D eigenvalue weighted by Crippen LogP contribution is -2.61. The SMILES string of the molecule is CCN1CC2(CCN(CCc3ccccc3)CC2)OC(C)C1=O. The van der Waals surface area contributed by atoms with Gasteiger partial charge in [-0.3, -0.25) is 4.79 Å². The highest BCUT2D eigenvalue weighted by atomic mass is 16.5. The van der Waals surface area contributed by atoms with Gasteiger partial charge in [0, 0.05) is 32.7 Å². The zero-order valence-corrected chi connectivity index (χ0v) is 14.3. The lowest BCUT2D eigenvalue weighted by atomic mass is 9.88. The molecule has 1 amide bonds. The number of likely N-dealkylation sites (tertiary alicyclic amines) is 1. The number of carbonyl (C=O) groups is 1. The minimum atomic E-state index is -0.292. The van der Waals surface area contributed by atoms with Gasteiger partial charge < -0.3 is 14.5 Å². The first-order chi connectivity index (χ1) is 11.1. The smallest absolute Gasteiger partial charge is 0.251 e. The Morgan fingerprint density at radius 2 is 1.91 bits per heavy atom. The molecule has 2 saturated heterocycles. The van der Waals surface area contributed by atoms with Gasteiger partial charge in [-0.25, -0.2) is 0 Å². The topological polar surface area (TPSA) is 32.8 Å². The van der Waals surface area contributed by atoms with E-state index >= 15 is 0 Å². The minimum Gasteiger partial charge on any atom is -0.360 e. The van der Waals surface area contributed by atoms with Crippen LogP contribution in [0, 0.1) is 0 Å². The number of hydrogen-bond acceptors (Lipinski definition) is 3. The third-order valence-corrected chi connectivity index (χ3v) is 5.27. The normalized spacial score (nSPS) is 25.0. The Bertz CT molecular complexity index is 523. The molecular weight excluding hydrogens is 288 g/mol. The molecule has 2 aliphatic rings. The number of rotatable bonds is 4. The van der Waals surface area contributed by atoms with Crippen molar-refractivity contribution in [3.05, 3.63) is 35.9 Å². The van der Waals surface area contributed by atoms with E-state index in [1.807, 2.05) is 11.8 Å². The molecule has 4 nitrogen and oxygen atoms in total. The number of amides is 1. The van der Waals surface area contributed by atoms with Crippen LogP contribution in [0.3, 0.4) is 0 Å². The first kappa shape index (κ1) is 16.5. The fourth-order valence-corrected chi connectivity index (χ4v) is 3.81. The first-order valence-corrected chi connectivity index (χ1v) is 8.85. The minimum absolute atomic E-state index is 0.118. The molecule has 2 heterocycles. The average molecular weight is 316 g/mol. The van der Waals surface area contributed by atoms with Gasteiger partial charge in [0.2, 0.25) is 0 Å². The Hall–Kier alpha value is -1.39. The maximum Gasteiger partial charge on any atom is 0.251 e. The van der Waals surface area contributed by atoms with Crippen LogP contribution in [0.2, 0.25) is 0 Å². The summed E-state index contributed by atoms with van der Waals surface area (Å²) in [6.45, 7) is 8.72. The molecule has 3 rings (SSSR count). The van der Waals surface area contributed by atoms with E-state index in [9.17, 15) is 4.79 Å². The summed E-state index contributed by atoms with van der Waals surface area (Å²) in [7, 11) is 0. The number of carbonyl (C=O) groups excluding carboxylic acids is 1. The van der Waals surface area contributed by atoms with E-state index in [0.717, 1.165) is 52.0 Å². The van der Waals surface area contributed by atoms with E-state index in [2.05, 4.69) is 42.2 Å². The van der Waals surface area contributed by atoms with Crippen molar-refractivity contribution in [3.63, 3.8) is 0 Å². The van der Waals surface area contributed by atoms with Crippen molar-refractivity contribution in [1.82, 2.24) is 9.80 Å². The molecule has 0 bridgehead atoms. The first-order valence-electron chi connectivity index (χ1n) is 8.85. The van der Waals surface area contributed by atoms with Gasteiger partial charge >= 0.3 is 0 Å². The highest BCUT2D eigenvalue weighted by Crippen LogP contribution is 2.32. The summed E-state index contributed by atoms with van der Waals surface area (Å²) in [4.78, 5) is 16.6. The van der Waals surface area contributed by atoms with Gasteiger partial charge in [-0.15, -0.1) is 0 Å². The van der Waals surface area contributed by atoms with Gasteiger partial charge in [-0.2, -0.15) is 0 Å². The highest BCUT2D eigenvalue weighted by Gasteiger charge is 2.44. The molecule has 0 saturated carbocycles. The van der Waals surface area contributed by atoms with Crippen LogP contribution >= 0.6 is 0 Å². The zero-order chi connectivity index (χ0) is 16.3. The monoisotopic (exact) mass is 316 g/mol. The summed E-state index contributed by atoms with van der Waals surface area (Å²) in [5.74, 6) is 0.143. The van der Waals surface area contributed by atoms with Crippen molar-refractivity contribution in [1.29, 1.82) is 0 Å². The fourth-order valence-electron chi connectivity index (χ4n) is 3.81. The number of hydrogen-bond donors (Lipinski definition) is 0. The summed E-state index contributed by atoms with van der Waals surface area (Å²) < 4.78 is 6.15. The van der Waals surface area contributed by atoms with Crippen molar-refractivity contribution in [3.8, 4) is 0 Å². The maximum atomic E-state index is 12.1. The number of ether oxygens (including phenoxy) is 1. The van der Waals surface area contributed by atoms with Gasteiger partial charge in [0.15, 0.2) is 0 Å². The number of likely N-dealkylation sites (N-methyl/N-ethyl adjacent to an activating group) is 1. The van der Waals surface area contributed by atoms with Crippen molar-refractivity contribution in [2.75, 3.05) is 32.7 Å². The van der Waals surface area contributed by atoms with Gasteiger partial charge in [-0.05, 0) is 38.7 Å². The summed E-state index contributed by atoms with van der Waals surface area (Å²) >= 11 is 0. The maximum absolute atomic E-state index is 12.1. The van der Waals surface area contributed by atoms with Crippen LogP contribution in [0.1, 0.15) is 32.3 Å². The third kappa shape index (κ3) is 3.75. The van der Waals surface area contributed by atoms with Crippen LogP contribution in [0.5, 0.6) is 0 Å². The summed E-state index contributed by atoms with van der Waals surface area (Å²) in [5, 5.41) is 0. The van der Waals surface area contributed by atoms with E-state index in [1.165, 1.54) is 5.56 Å². The second kappa shape index (κ2) is 7.02. The predicted molar refractivity (Wildman–Crippen MR) is 91.4 cm³/mol. The van der Waals surface area contributed by atoms with E-state index in [-0.39, 0.29) is 17.6 Å². The molecule has 0 radical (unpaired) electrons. The van der Waals surface area contributed by atoms with Crippen LogP contribution in [0.15, 0.2) is 30.3 Å². The second-order valence-corrected chi connectivity index (χ2v) is 6.87. The van der Waals surface area contributed by atoms with Gasteiger partial charge in [0.25, 0.3) is 5.91 Å². The largest absolute Gasteiger partial charge is 0.360 e. The Morgan fingerprint density at radius 3 is 2.57 bits per heavy atom. The molecule has 1 unspecified atom stereocenters. The highest BCUT2D eigenvalue weighted by molar-refractivity contribution is 5.81. The molecule has 1 spiro atoms. The molecule has 1 atom stereocenters. The summed E-state index contributed by atoms with van der Waals surface area (Å²) in [6.07, 6.45) is 2.86. The van der Waals surface area contributed by atoms with E-state index in [0.29, 0.717) is 0 Å². The molecule has 1 aromatic carbocycles. The lowest BCUT2D eigenvalue weighted by Gasteiger charge is -2.49. The van der Waals surface area contributed by atoms with Gasteiger partial charge in [-0.1, -0.05) is 30.3 Å².